The molecular weight excluding hydrogens is 391 g/mol. The molecule has 2 aromatic heterocycles. The van der Waals surface area contributed by atoms with Gasteiger partial charge >= 0.3 is 6.03 Å². The van der Waals surface area contributed by atoms with Crippen molar-refractivity contribution < 1.29 is 9.21 Å². The average Bonchev–Trinajstić information content (AvgIpc) is 3.30. The third-order valence-electron chi connectivity index (χ3n) is 3.92. The number of benzene rings is 1. The molecule has 3 aromatic rings. The monoisotopic (exact) mass is 408 g/mol. The van der Waals surface area contributed by atoms with Gasteiger partial charge in [-0.3, -0.25) is 0 Å². The average molecular weight is 409 g/mol. The van der Waals surface area contributed by atoms with E-state index in [1.54, 1.807) is 34.6 Å². The summed E-state index contributed by atoms with van der Waals surface area (Å²) in [6, 6.07) is 12.6. The normalized spacial score (nSPS) is 12.0. The lowest BCUT2D eigenvalue weighted by Gasteiger charge is -2.24. The molecule has 0 saturated heterocycles. The second-order valence-corrected chi connectivity index (χ2v) is 7.71. The van der Waals surface area contributed by atoms with Crippen molar-refractivity contribution in [3.8, 4) is 0 Å². The van der Waals surface area contributed by atoms with Gasteiger partial charge in [-0.15, -0.1) is 11.3 Å². The summed E-state index contributed by atoms with van der Waals surface area (Å²) in [7, 11) is 0. The van der Waals surface area contributed by atoms with Gasteiger partial charge in [0.1, 0.15) is 5.76 Å². The molecule has 3 rings (SSSR count). The third kappa shape index (κ3) is 4.81. The summed E-state index contributed by atoms with van der Waals surface area (Å²) < 4.78 is 5.40. The fraction of sp³-hybridized carbons (Fsp3) is 0.211. The van der Waals surface area contributed by atoms with Crippen molar-refractivity contribution in [3.05, 3.63) is 80.4 Å². The van der Waals surface area contributed by atoms with E-state index in [0.29, 0.717) is 23.1 Å². The fourth-order valence-electron chi connectivity index (χ4n) is 2.52. The van der Waals surface area contributed by atoms with Crippen molar-refractivity contribution in [3.63, 3.8) is 0 Å². The van der Waals surface area contributed by atoms with E-state index in [4.69, 9.17) is 27.6 Å². The van der Waals surface area contributed by atoms with E-state index in [2.05, 4.69) is 5.32 Å². The molecule has 136 valence electrons. The SMILES string of the molecule is CC(NC(=O)N(Cc1ccco1)Cc1cccs1)c1ccc(Cl)c(Cl)c1. The Hall–Kier alpha value is -1.95. The van der Waals surface area contributed by atoms with Crippen LogP contribution in [-0.4, -0.2) is 10.9 Å². The molecule has 0 aliphatic carbocycles. The van der Waals surface area contributed by atoms with Gasteiger partial charge in [-0.1, -0.05) is 35.3 Å². The molecule has 0 spiro atoms. The number of furan rings is 1. The van der Waals surface area contributed by atoms with Crippen LogP contribution in [0.3, 0.4) is 0 Å². The van der Waals surface area contributed by atoms with Crippen LogP contribution in [-0.2, 0) is 13.1 Å². The highest BCUT2D eigenvalue weighted by molar-refractivity contribution is 7.09. The Morgan fingerprint density at radius 1 is 1.19 bits per heavy atom. The van der Waals surface area contributed by atoms with Crippen molar-refractivity contribution in [1.29, 1.82) is 0 Å². The lowest BCUT2D eigenvalue weighted by molar-refractivity contribution is 0.184. The smallest absolute Gasteiger partial charge is 0.318 e. The largest absolute Gasteiger partial charge is 0.467 e. The molecule has 0 fully saturated rings. The Kier molecular flexibility index (Phi) is 6.25. The number of halogens is 2. The maximum Gasteiger partial charge on any atom is 0.318 e. The van der Waals surface area contributed by atoms with Gasteiger partial charge in [0.25, 0.3) is 0 Å². The number of nitrogens with one attached hydrogen (secondary N) is 1. The Labute approximate surface area is 166 Å². The summed E-state index contributed by atoms with van der Waals surface area (Å²) in [6.07, 6.45) is 1.61. The van der Waals surface area contributed by atoms with E-state index in [1.165, 1.54) is 0 Å². The molecular formula is C19H18Cl2N2O2S. The first kappa shape index (κ1) is 18.8. The third-order valence-corrected chi connectivity index (χ3v) is 5.52. The minimum absolute atomic E-state index is 0.173. The zero-order valence-corrected chi connectivity index (χ0v) is 16.4. The molecule has 0 saturated carbocycles. The molecule has 7 heteroatoms. The Morgan fingerprint density at radius 3 is 2.69 bits per heavy atom. The van der Waals surface area contributed by atoms with E-state index in [1.807, 2.05) is 42.6 Å². The van der Waals surface area contributed by atoms with Gasteiger partial charge in [-0.05, 0) is 48.2 Å². The van der Waals surface area contributed by atoms with E-state index in [-0.39, 0.29) is 12.1 Å². The first-order valence-corrected chi connectivity index (χ1v) is 9.71. The van der Waals surface area contributed by atoms with Crippen LogP contribution in [0.25, 0.3) is 0 Å². The highest BCUT2D eigenvalue weighted by Gasteiger charge is 2.19. The van der Waals surface area contributed by atoms with Crippen LogP contribution in [0.4, 0.5) is 4.79 Å². The summed E-state index contributed by atoms with van der Waals surface area (Å²) >= 11 is 13.7. The summed E-state index contributed by atoms with van der Waals surface area (Å²) in [5.74, 6) is 0.735. The van der Waals surface area contributed by atoms with Crippen molar-refractivity contribution in [2.75, 3.05) is 0 Å². The number of rotatable bonds is 6. The van der Waals surface area contributed by atoms with E-state index >= 15 is 0 Å². The van der Waals surface area contributed by atoms with Crippen molar-refractivity contribution in [2.24, 2.45) is 0 Å². The van der Waals surface area contributed by atoms with Gasteiger partial charge in [0.2, 0.25) is 0 Å². The molecule has 0 bridgehead atoms. The van der Waals surface area contributed by atoms with Crippen LogP contribution in [0.15, 0.2) is 58.5 Å². The van der Waals surface area contributed by atoms with Crippen LogP contribution >= 0.6 is 34.5 Å². The summed E-state index contributed by atoms with van der Waals surface area (Å²) in [6.45, 7) is 2.82. The van der Waals surface area contributed by atoms with Crippen LogP contribution in [0.5, 0.6) is 0 Å². The second kappa shape index (κ2) is 8.62. The number of hydrogen-bond donors (Lipinski definition) is 1. The van der Waals surface area contributed by atoms with E-state index in [0.717, 1.165) is 16.2 Å². The number of urea groups is 1. The van der Waals surface area contributed by atoms with Crippen LogP contribution in [0, 0.1) is 0 Å². The predicted octanol–water partition coefficient (Wildman–Crippen LogP) is 6.12. The van der Waals surface area contributed by atoms with Gasteiger partial charge in [-0.2, -0.15) is 0 Å². The zero-order chi connectivity index (χ0) is 18.5. The summed E-state index contributed by atoms with van der Waals surface area (Å²) in [5.41, 5.74) is 0.891. The molecule has 0 radical (unpaired) electrons. The minimum atomic E-state index is -0.209. The quantitative estimate of drug-likeness (QED) is 0.533. The first-order chi connectivity index (χ1) is 12.5. The van der Waals surface area contributed by atoms with Gasteiger partial charge < -0.3 is 14.6 Å². The number of amides is 2. The minimum Gasteiger partial charge on any atom is -0.467 e. The molecule has 1 atom stereocenters. The van der Waals surface area contributed by atoms with Gasteiger partial charge in [0.05, 0.1) is 35.4 Å². The lowest BCUT2D eigenvalue weighted by Crippen LogP contribution is -2.40. The lowest BCUT2D eigenvalue weighted by atomic mass is 10.1. The molecule has 0 aliphatic rings. The van der Waals surface area contributed by atoms with Crippen molar-refractivity contribution >= 4 is 40.6 Å². The zero-order valence-electron chi connectivity index (χ0n) is 14.1. The van der Waals surface area contributed by atoms with Crippen LogP contribution < -0.4 is 5.32 Å². The van der Waals surface area contributed by atoms with Gasteiger partial charge in [0.15, 0.2) is 0 Å². The highest BCUT2D eigenvalue weighted by Crippen LogP contribution is 2.26. The van der Waals surface area contributed by atoms with E-state index < -0.39 is 0 Å². The summed E-state index contributed by atoms with van der Waals surface area (Å²) in [5, 5.41) is 5.97. The molecule has 1 unspecified atom stereocenters. The predicted molar refractivity (Wildman–Crippen MR) is 106 cm³/mol. The molecule has 1 aromatic carbocycles. The first-order valence-electron chi connectivity index (χ1n) is 8.08. The summed E-state index contributed by atoms with van der Waals surface area (Å²) in [4.78, 5) is 15.7. The topological polar surface area (TPSA) is 45.5 Å². The number of nitrogens with zero attached hydrogens (tertiary/aromatic N) is 1. The van der Waals surface area contributed by atoms with Crippen LogP contribution in [0.1, 0.15) is 29.2 Å². The Bertz CT molecular complexity index is 814. The number of hydrogen-bond acceptors (Lipinski definition) is 3. The molecule has 26 heavy (non-hydrogen) atoms. The number of carbonyl (C=O) groups excluding carboxylic acids is 1. The maximum atomic E-state index is 12.9. The molecule has 2 heterocycles. The van der Waals surface area contributed by atoms with Crippen molar-refractivity contribution in [1.82, 2.24) is 10.2 Å². The number of thiophene rings is 1. The number of carbonyl (C=O) groups is 1. The van der Waals surface area contributed by atoms with Gasteiger partial charge in [-0.25, -0.2) is 4.79 Å². The van der Waals surface area contributed by atoms with Crippen molar-refractivity contribution in [2.45, 2.75) is 26.1 Å². The highest BCUT2D eigenvalue weighted by atomic mass is 35.5. The molecule has 2 amide bonds. The Morgan fingerprint density at radius 2 is 2.04 bits per heavy atom. The Balaban J connectivity index is 1.72. The molecule has 1 N–H and O–H groups in total. The molecule has 0 aliphatic heterocycles. The second-order valence-electron chi connectivity index (χ2n) is 5.86. The van der Waals surface area contributed by atoms with E-state index in [9.17, 15) is 4.79 Å². The maximum absolute atomic E-state index is 12.9. The fourth-order valence-corrected chi connectivity index (χ4v) is 3.55. The van der Waals surface area contributed by atoms with Gasteiger partial charge in [0, 0.05) is 4.88 Å². The standard InChI is InChI=1S/C19H18Cl2N2O2S/c1-13(14-6-7-17(20)18(21)10-14)22-19(24)23(11-15-4-2-8-25-15)12-16-5-3-9-26-16/h2-10,13H,11-12H2,1H3,(H,22,24). The molecule has 4 nitrogen and oxygen atoms in total. The van der Waals surface area contributed by atoms with Crippen LogP contribution in [0.2, 0.25) is 10.0 Å².